The van der Waals surface area contributed by atoms with Gasteiger partial charge in [0.15, 0.2) is 6.10 Å². The highest BCUT2D eigenvalue weighted by Gasteiger charge is 2.19. The molecule has 0 unspecified atom stereocenters. The smallest absolute Gasteiger partial charge is 0.306 e. The van der Waals surface area contributed by atoms with Crippen LogP contribution in [0.1, 0.15) is 291 Å². The van der Waals surface area contributed by atoms with E-state index in [1.54, 1.807) is 0 Å². The van der Waals surface area contributed by atoms with E-state index >= 15 is 0 Å². The van der Waals surface area contributed by atoms with E-state index in [0.29, 0.717) is 19.3 Å². The molecule has 0 fully saturated rings. The monoisotopic (exact) mass is 821 g/mol. The van der Waals surface area contributed by atoms with Crippen LogP contribution in [0.3, 0.4) is 0 Å². The van der Waals surface area contributed by atoms with E-state index in [0.717, 1.165) is 63.7 Å². The number of ether oxygens (including phenoxy) is 3. The Balaban J connectivity index is 4.30. The van der Waals surface area contributed by atoms with Crippen molar-refractivity contribution < 1.29 is 28.6 Å². The normalized spacial score (nSPS) is 11.9. The zero-order valence-corrected chi connectivity index (χ0v) is 39.5. The van der Waals surface area contributed by atoms with Crippen molar-refractivity contribution in [3.63, 3.8) is 0 Å². The molecule has 0 radical (unpaired) electrons. The number of esters is 3. The lowest BCUT2D eigenvalue weighted by atomic mass is 10.0. The Kier molecular flexibility index (Phi) is 45.2. The number of unbranched alkanes of at least 4 members (excludes halogenated alkanes) is 34. The molecule has 0 saturated carbocycles. The fourth-order valence-electron chi connectivity index (χ4n) is 7.86. The first kappa shape index (κ1) is 56.4. The van der Waals surface area contributed by atoms with E-state index in [1.165, 1.54) is 186 Å². The van der Waals surface area contributed by atoms with Gasteiger partial charge in [0, 0.05) is 19.3 Å². The van der Waals surface area contributed by atoms with Crippen molar-refractivity contribution in [1.29, 1.82) is 0 Å². The number of carbonyl (C=O) groups excluding carboxylic acids is 3. The van der Waals surface area contributed by atoms with Gasteiger partial charge in [-0.25, -0.2) is 0 Å². The molecule has 0 bridgehead atoms. The summed E-state index contributed by atoms with van der Waals surface area (Å²) >= 11 is 0. The van der Waals surface area contributed by atoms with Crippen molar-refractivity contribution in [2.75, 3.05) is 13.2 Å². The van der Waals surface area contributed by atoms with Crippen molar-refractivity contribution in [2.45, 2.75) is 297 Å². The molecule has 0 aromatic heterocycles. The third kappa shape index (κ3) is 45.5. The molecule has 0 aliphatic carbocycles. The molecule has 1 atom stereocenters. The van der Waals surface area contributed by atoms with Crippen molar-refractivity contribution in [1.82, 2.24) is 0 Å². The van der Waals surface area contributed by atoms with Crippen LogP contribution in [0, 0.1) is 5.92 Å². The molecule has 0 aromatic carbocycles. The summed E-state index contributed by atoms with van der Waals surface area (Å²) in [6.07, 6.45) is 48.0. The molecule has 0 spiro atoms. The van der Waals surface area contributed by atoms with Crippen LogP contribution >= 0.6 is 0 Å². The molecule has 0 aliphatic rings. The zero-order chi connectivity index (χ0) is 42.4. The maximum absolute atomic E-state index is 12.8. The van der Waals surface area contributed by atoms with Crippen LogP contribution in [0.15, 0.2) is 0 Å². The molecule has 58 heavy (non-hydrogen) atoms. The Morgan fingerprint density at radius 1 is 0.328 bits per heavy atom. The third-order valence-corrected chi connectivity index (χ3v) is 11.8. The summed E-state index contributed by atoms with van der Waals surface area (Å²) in [5.41, 5.74) is 0. The molecular formula is C52H100O6. The minimum absolute atomic E-state index is 0.0628. The second-order valence-electron chi connectivity index (χ2n) is 18.3. The van der Waals surface area contributed by atoms with Crippen molar-refractivity contribution in [3.8, 4) is 0 Å². The van der Waals surface area contributed by atoms with E-state index < -0.39 is 6.10 Å². The van der Waals surface area contributed by atoms with Crippen LogP contribution in [0.5, 0.6) is 0 Å². The topological polar surface area (TPSA) is 78.9 Å². The van der Waals surface area contributed by atoms with Crippen molar-refractivity contribution in [3.05, 3.63) is 0 Å². The van der Waals surface area contributed by atoms with Gasteiger partial charge in [0.2, 0.25) is 0 Å². The van der Waals surface area contributed by atoms with Crippen LogP contribution in [0.4, 0.5) is 0 Å². The Hall–Kier alpha value is -1.59. The van der Waals surface area contributed by atoms with E-state index in [-0.39, 0.29) is 31.1 Å². The fourth-order valence-corrected chi connectivity index (χ4v) is 7.86. The van der Waals surface area contributed by atoms with Crippen LogP contribution in [0.25, 0.3) is 0 Å². The molecule has 344 valence electrons. The second-order valence-corrected chi connectivity index (χ2v) is 18.3. The lowest BCUT2D eigenvalue weighted by Gasteiger charge is -2.18. The minimum atomic E-state index is -0.760. The molecule has 0 rings (SSSR count). The van der Waals surface area contributed by atoms with E-state index in [2.05, 4.69) is 27.7 Å². The van der Waals surface area contributed by atoms with Gasteiger partial charge in [-0.3, -0.25) is 14.4 Å². The Morgan fingerprint density at radius 3 is 0.845 bits per heavy atom. The average Bonchev–Trinajstić information content (AvgIpc) is 3.21. The second kappa shape index (κ2) is 46.5. The first-order valence-corrected chi connectivity index (χ1v) is 25.9. The molecule has 0 aromatic rings. The predicted octanol–water partition coefficient (Wildman–Crippen LogP) is 16.7. The highest BCUT2D eigenvalue weighted by Crippen LogP contribution is 2.17. The van der Waals surface area contributed by atoms with Crippen LogP contribution in [-0.2, 0) is 28.6 Å². The Bertz CT molecular complexity index is 872. The average molecular weight is 821 g/mol. The summed E-state index contributed by atoms with van der Waals surface area (Å²) in [7, 11) is 0. The van der Waals surface area contributed by atoms with E-state index in [1.807, 2.05) is 0 Å². The van der Waals surface area contributed by atoms with Gasteiger partial charge in [0.05, 0.1) is 0 Å². The molecule has 0 aliphatic heterocycles. The maximum atomic E-state index is 12.8. The lowest BCUT2D eigenvalue weighted by molar-refractivity contribution is -0.167. The van der Waals surface area contributed by atoms with Gasteiger partial charge in [-0.15, -0.1) is 0 Å². The predicted molar refractivity (Wildman–Crippen MR) is 247 cm³/mol. The Morgan fingerprint density at radius 2 is 0.569 bits per heavy atom. The number of hydrogen-bond donors (Lipinski definition) is 0. The highest BCUT2D eigenvalue weighted by atomic mass is 16.6. The van der Waals surface area contributed by atoms with Gasteiger partial charge in [-0.1, -0.05) is 252 Å². The van der Waals surface area contributed by atoms with Gasteiger partial charge in [-0.2, -0.15) is 0 Å². The summed E-state index contributed by atoms with van der Waals surface area (Å²) < 4.78 is 16.8. The molecule has 0 heterocycles. The van der Waals surface area contributed by atoms with E-state index in [4.69, 9.17) is 14.2 Å². The third-order valence-electron chi connectivity index (χ3n) is 11.8. The van der Waals surface area contributed by atoms with Gasteiger partial charge in [-0.05, 0) is 25.2 Å². The summed E-state index contributed by atoms with van der Waals surface area (Å²) in [5.74, 6) is -0.0363. The van der Waals surface area contributed by atoms with Crippen LogP contribution in [-0.4, -0.2) is 37.2 Å². The molecule has 0 saturated heterocycles. The van der Waals surface area contributed by atoms with Gasteiger partial charge < -0.3 is 14.2 Å². The number of rotatable bonds is 47. The first-order valence-electron chi connectivity index (χ1n) is 25.9. The molecule has 0 N–H and O–H groups in total. The number of carbonyl (C=O) groups is 3. The lowest BCUT2D eigenvalue weighted by Crippen LogP contribution is -2.30. The molecule has 6 heteroatoms. The summed E-state index contributed by atoms with van der Waals surface area (Å²) in [4.78, 5) is 37.9. The highest BCUT2D eigenvalue weighted by molar-refractivity contribution is 5.71. The van der Waals surface area contributed by atoms with Gasteiger partial charge in [0.25, 0.3) is 0 Å². The minimum Gasteiger partial charge on any atom is -0.462 e. The fraction of sp³-hybridized carbons (Fsp3) is 0.942. The van der Waals surface area contributed by atoms with Crippen molar-refractivity contribution >= 4 is 17.9 Å². The standard InChI is InChI=1S/C52H100O6/c1-5-7-9-11-13-15-17-19-20-22-23-27-31-35-39-43-50(53)56-46-49(47-57-51(54)44-40-36-32-29-25-26-30-34-38-42-48(3)4)58-52(55)45-41-37-33-28-24-21-18-16-14-12-10-8-6-2/h48-49H,5-47H2,1-4H3/t49-/m0/s1. The molecule has 0 amide bonds. The first-order chi connectivity index (χ1) is 28.4. The zero-order valence-electron chi connectivity index (χ0n) is 39.5. The largest absolute Gasteiger partial charge is 0.462 e. The SMILES string of the molecule is CCCCCCCCCCCCCCCCCC(=O)OC[C@@H](COC(=O)CCCCCCCCCCCC(C)C)OC(=O)CCCCCCCCCCCCCCC. The Labute approximate surface area is 361 Å². The summed E-state index contributed by atoms with van der Waals surface area (Å²) in [5, 5.41) is 0. The van der Waals surface area contributed by atoms with Gasteiger partial charge in [0.1, 0.15) is 13.2 Å². The van der Waals surface area contributed by atoms with Crippen LogP contribution < -0.4 is 0 Å². The molecule has 6 nitrogen and oxygen atoms in total. The van der Waals surface area contributed by atoms with E-state index in [9.17, 15) is 14.4 Å². The number of hydrogen-bond acceptors (Lipinski definition) is 6. The quantitative estimate of drug-likeness (QED) is 0.0346. The van der Waals surface area contributed by atoms with Crippen molar-refractivity contribution in [2.24, 2.45) is 5.92 Å². The maximum Gasteiger partial charge on any atom is 0.306 e. The summed E-state index contributed by atoms with van der Waals surface area (Å²) in [6, 6.07) is 0. The molecular weight excluding hydrogens is 721 g/mol. The summed E-state index contributed by atoms with van der Waals surface area (Å²) in [6.45, 7) is 9.01. The van der Waals surface area contributed by atoms with Gasteiger partial charge >= 0.3 is 17.9 Å². The van der Waals surface area contributed by atoms with Crippen LogP contribution in [0.2, 0.25) is 0 Å².